The van der Waals surface area contributed by atoms with Crippen LogP contribution < -0.4 is 0 Å². The van der Waals surface area contributed by atoms with Crippen molar-refractivity contribution >= 4 is 5.78 Å². The monoisotopic (exact) mass is 224 g/mol. The van der Waals surface area contributed by atoms with Crippen LogP contribution in [0.3, 0.4) is 0 Å². The van der Waals surface area contributed by atoms with Crippen LogP contribution in [0.4, 0.5) is 0 Å². The van der Waals surface area contributed by atoms with Gasteiger partial charge in [0.05, 0.1) is 6.61 Å². The molecule has 0 spiro atoms. The first-order valence-electron chi connectivity index (χ1n) is 5.58. The Kier molecular flexibility index (Phi) is 1.92. The maximum atomic E-state index is 12.5. The third kappa shape index (κ3) is 0.898. The highest BCUT2D eigenvalue weighted by Gasteiger charge is 2.69. The van der Waals surface area contributed by atoms with Crippen molar-refractivity contribution in [1.82, 2.24) is 0 Å². The highest BCUT2D eigenvalue weighted by molar-refractivity contribution is 5.99. The van der Waals surface area contributed by atoms with Crippen LogP contribution in [0.15, 0.2) is 11.6 Å². The van der Waals surface area contributed by atoms with Crippen molar-refractivity contribution in [3.8, 4) is 0 Å². The quantitative estimate of drug-likeness (QED) is 0.654. The summed E-state index contributed by atoms with van der Waals surface area (Å²) in [5, 5.41) is 0. The summed E-state index contributed by atoms with van der Waals surface area (Å²) in [5.41, 5.74) is 0.327. The van der Waals surface area contributed by atoms with Crippen LogP contribution in [0.25, 0.3) is 0 Å². The summed E-state index contributed by atoms with van der Waals surface area (Å²) in [6.45, 7) is 2.61. The van der Waals surface area contributed by atoms with Gasteiger partial charge in [0.2, 0.25) is 11.6 Å². The lowest BCUT2D eigenvalue weighted by Crippen LogP contribution is -2.64. The van der Waals surface area contributed by atoms with Gasteiger partial charge in [-0.1, -0.05) is 5.57 Å². The Hall–Kier alpha value is -0.710. The van der Waals surface area contributed by atoms with Crippen molar-refractivity contribution < 1.29 is 19.0 Å². The van der Waals surface area contributed by atoms with Gasteiger partial charge in [-0.2, -0.15) is 0 Å². The minimum atomic E-state index is -1.09. The van der Waals surface area contributed by atoms with Crippen molar-refractivity contribution in [1.29, 1.82) is 0 Å². The lowest BCUT2D eigenvalue weighted by Gasteiger charge is -2.49. The largest absolute Gasteiger partial charge is 0.366 e. The molecule has 2 fully saturated rings. The van der Waals surface area contributed by atoms with E-state index in [1.807, 2.05) is 13.0 Å². The van der Waals surface area contributed by atoms with E-state index in [1.54, 1.807) is 7.11 Å². The molecule has 4 nitrogen and oxygen atoms in total. The zero-order chi connectivity index (χ0) is 11.6. The average Bonchev–Trinajstić information content (AvgIpc) is 2.63. The predicted molar refractivity (Wildman–Crippen MR) is 55.8 cm³/mol. The molecule has 4 heteroatoms. The zero-order valence-electron chi connectivity index (χ0n) is 9.78. The Balaban J connectivity index is 2.21. The van der Waals surface area contributed by atoms with Gasteiger partial charge in [0, 0.05) is 20.1 Å². The van der Waals surface area contributed by atoms with Crippen LogP contribution in [-0.2, 0) is 19.0 Å². The van der Waals surface area contributed by atoms with E-state index in [0.717, 1.165) is 12.0 Å². The van der Waals surface area contributed by atoms with Gasteiger partial charge in [-0.25, -0.2) is 0 Å². The average molecular weight is 224 g/mol. The molecule has 1 saturated heterocycles. The van der Waals surface area contributed by atoms with E-state index in [0.29, 0.717) is 12.5 Å². The number of hydrogen-bond donors (Lipinski definition) is 0. The van der Waals surface area contributed by atoms with Gasteiger partial charge in [0.1, 0.15) is 0 Å². The van der Waals surface area contributed by atoms with Gasteiger partial charge in [-0.15, -0.1) is 0 Å². The summed E-state index contributed by atoms with van der Waals surface area (Å²) >= 11 is 0. The minimum absolute atomic E-state index is 0.0713. The summed E-state index contributed by atoms with van der Waals surface area (Å²) < 4.78 is 16.6. The number of carbonyl (C=O) groups excluding carboxylic acids is 1. The summed E-state index contributed by atoms with van der Waals surface area (Å²) in [6, 6.07) is 0. The molecular weight excluding hydrogens is 208 g/mol. The summed E-state index contributed by atoms with van der Waals surface area (Å²) in [7, 11) is 3.12. The van der Waals surface area contributed by atoms with Crippen LogP contribution >= 0.6 is 0 Å². The van der Waals surface area contributed by atoms with E-state index in [1.165, 1.54) is 7.11 Å². The molecule has 1 saturated carbocycles. The van der Waals surface area contributed by atoms with Crippen LogP contribution in [0.2, 0.25) is 0 Å². The molecule has 0 amide bonds. The second-order valence-corrected chi connectivity index (χ2v) is 4.94. The molecular formula is C12H16O4. The number of carbonyl (C=O) groups is 1. The van der Waals surface area contributed by atoms with Crippen molar-refractivity contribution in [3.05, 3.63) is 11.6 Å². The van der Waals surface area contributed by atoms with E-state index in [2.05, 4.69) is 0 Å². The molecule has 88 valence electrons. The first-order valence-corrected chi connectivity index (χ1v) is 5.58. The number of ketones is 1. The Morgan fingerprint density at radius 3 is 2.81 bits per heavy atom. The topological polar surface area (TPSA) is 44.8 Å². The second kappa shape index (κ2) is 2.94. The van der Waals surface area contributed by atoms with Crippen molar-refractivity contribution in [3.63, 3.8) is 0 Å². The third-order valence-corrected chi connectivity index (χ3v) is 4.28. The smallest absolute Gasteiger partial charge is 0.239 e. The van der Waals surface area contributed by atoms with Crippen LogP contribution in [0, 0.1) is 11.8 Å². The van der Waals surface area contributed by atoms with E-state index >= 15 is 0 Å². The van der Waals surface area contributed by atoms with Gasteiger partial charge in [0.25, 0.3) is 0 Å². The molecule has 16 heavy (non-hydrogen) atoms. The lowest BCUT2D eigenvalue weighted by atomic mass is 9.61. The molecule has 3 aliphatic carbocycles. The Morgan fingerprint density at radius 1 is 1.44 bits per heavy atom. The molecule has 1 heterocycles. The molecule has 0 aromatic rings. The fourth-order valence-electron chi connectivity index (χ4n) is 3.65. The normalized spacial score (nSPS) is 49.7. The Bertz CT molecular complexity index is 388. The molecule has 1 aliphatic heterocycles. The number of Topliss-reactive ketones (excluding diaryl/α,β-unsaturated/α-hetero) is 1. The molecule has 0 aromatic carbocycles. The van der Waals surface area contributed by atoms with Gasteiger partial charge in [0.15, 0.2) is 5.60 Å². The third-order valence-electron chi connectivity index (χ3n) is 4.28. The van der Waals surface area contributed by atoms with Crippen LogP contribution in [0.5, 0.6) is 0 Å². The van der Waals surface area contributed by atoms with Crippen molar-refractivity contribution in [2.45, 2.75) is 24.7 Å². The molecule has 4 aliphatic rings. The van der Waals surface area contributed by atoms with Gasteiger partial charge in [-0.05, 0) is 25.3 Å². The van der Waals surface area contributed by atoms with Crippen molar-refractivity contribution in [2.24, 2.45) is 11.8 Å². The molecule has 0 N–H and O–H groups in total. The van der Waals surface area contributed by atoms with E-state index < -0.39 is 11.4 Å². The Labute approximate surface area is 94.5 Å². The highest BCUT2D eigenvalue weighted by atomic mass is 16.7. The highest BCUT2D eigenvalue weighted by Crippen LogP contribution is 2.56. The second-order valence-electron chi connectivity index (χ2n) is 4.94. The number of hydrogen-bond acceptors (Lipinski definition) is 4. The van der Waals surface area contributed by atoms with Gasteiger partial charge in [-0.3, -0.25) is 4.79 Å². The van der Waals surface area contributed by atoms with Crippen LogP contribution in [0.1, 0.15) is 13.3 Å². The summed E-state index contributed by atoms with van der Waals surface area (Å²) in [5.74, 6) is -0.753. The van der Waals surface area contributed by atoms with E-state index in [9.17, 15) is 4.79 Å². The molecule has 0 radical (unpaired) electrons. The number of rotatable bonds is 2. The molecule has 4 rings (SSSR count). The number of methoxy groups -OCH3 is 2. The fraction of sp³-hybridized carbons (Fsp3) is 0.750. The standard InChI is InChI=1S/C12H16O4/c1-7-4-11(14-2)5-8-6-16-12(15-3,9(7)8)10(11)13/h4,8-9H,5-6H2,1-3H3/t8-,9-,11-,12+/m0/s1. The maximum absolute atomic E-state index is 12.5. The first-order chi connectivity index (χ1) is 7.59. The zero-order valence-corrected chi connectivity index (χ0v) is 9.78. The molecule has 4 atom stereocenters. The summed E-state index contributed by atoms with van der Waals surface area (Å²) in [4.78, 5) is 12.5. The first kappa shape index (κ1) is 10.4. The van der Waals surface area contributed by atoms with E-state index in [4.69, 9.17) is 14.2 Å². The molecule has 0 unspecified atom stereocenters. The van der Waals surface area contributed by atoms with Crippen molar-refractivity contribution in [2.75, 3.05) is 20.8 Å². The van der Waals surface area contributed by atoms with Gasteiger partial charge < -0.3 is 14.2 Å². The minimum Gasteiger partial charge on any atom is -0.366 e. The fourth-order valence-corrected chi connectivity index (χ4v) is 3.65. The molecule has 4 bridgehead atoms. The Morgan fingerprint density at radius 2 is 2.19 bits per heavy atom. The van der Waals surface area contributed by atoms with Crippen LogP contribution in [-0.4, -0.2) is 38.0 Å². The number of ether oxygens (including phenoxy) is 3. The molecule has 0 aromatic heterocycles. The SMILES string of the molecule is CO[C@@]12OC[C@@H]3C[C@@](OC)(C=C(C)[C@@H]31)C2=O. The predicted octanol–water partition coefficient (Wildman–Crippen LogP) is 0.910. The lowest BCUT2D eigenvalue weighted by molar-refractivity contribution is -0.229. The van der Waals surface area contributed by atoms with Gasteiger partial charge >= 0.3 is 0 Å². The van der Waals surface area contributed by atoms with E-state index in [-0.39, 0.29) is 11.7 Å². The maximum Gasteiger partial charge on any atom is 0.239 e. The summed E-state index contributed by atoms with van der Waals surface area (Å²) in [6.07, 6.45) is 2.66.